The summed E-state index contributed by atoms with van der Waals surface area (Å²) in [4.78, 5) is 27.6. The van der Waals surface area contributed by atoms with Crippen LogP contribution in [0.4, 0.5) is 11.5 Å². The lowest BCUT2D eigenvalue weighted by atomic mass is 9.96. The summed E-state index contributed by atoms with van der Waals surface area (Å²) >= 11 is 0. The van der Waals surface area contributed by atoms with E-state index in [9.17, 15) is 4.79 Å². The molecule has 0 bridgehead atoms. The standard InChI is InChI=1S/C22H23N5O/c1-16-12-19(6-7-20(16)17-4-2-8-23-13-17)26-22(28)18-5-3-11-27(15-18)21-14-24-9-10-25-21/h2,4,6-10,12-14,18H,3,5,11,15H2,1H3,(H,26,28). The number of anilines is 2. The highest BCUT2D eigenvalue weighted by atomic mass is 16.1. The van der Waals surface area contributed by atoms with Crippen LogP contribution in [0.1, 0.15) is 18.4 Å². The van der Waals surface area contributed by atoms with Gasteiger partial charge in [-0.05, 0) is 49.1 Å². The van der Waals surface area contributed by atoms with E-state index in [1.807, 2.05) is 36.5 Å². The van der Waals surface area contributed by atoms with Crippen molar-refractivity contribution < 1.29 is 4.79 Å². The van der Waals surface area contributed by atoms with Crippen molar-refractivity contribution in [2.45, 2.75) is 19.8 Å². The van der Waals surface area contributed by atoms with Crippen molar-refractivity contribution in [3.63, 3.8) is 0 Å². The highest BCUT2D eigenvalue weighted by Crippen LogP contribution is 2.26. The number of aromatic nitrogens is 3. The maximum Gasteiger partial charge on any atom is 0.229 e. The van der Waals surface area contributed by atoms with Crippen LogP contribution in [0.2, 0.25) is 0 Å². The number of nitrogens with zero attached hydrogens (tertiary/aromatic N) is 4. The number of hydrogen-bond donors (Lipinski definition) is 1. The molecular formula is C22H23N5O. The van der Waals surface area contributed by atoms with Gasteiger partial charge in [0.15, 0.2) is 0 Å². The molecule has 1 aliphatic heterocycles. The molecule has 1 atom stereocenters. The Bertz CT molecular complexity index is 946. The molecule has 1 aliphatic rings. The van der Waals surface area contributed by atoms with Crippen molar-refractivity contribution in [3.05, 3.63) is 66.9 Å². The summed E-state index contributed by atoms with van der Waals surface area (Å²) in [6.07, 6.45) is 10.6. The SMILES string of the molecule is Cc1cc(NC(=O)C2CCCN(c3cnccn3)C2)ccc1-c1cccnc1. The van der Waals surface area contributed by atoms with Gasteiger partial charge in [0.2, 0.25) is 5.91 Å². The molecule has 3 heterocycles. The molecule has 0 spiro atoms. The largest absolute Gasteiger partial charge is 0.355 e. The van der Waals surface area contributed by atoms with E-state index >= 15 is 0 Å². The van der Waals surface area contributed by atoms with Gasteiger partial charge in [-0.15, -0.1) is 0 Å². The minimum absolute atomic E-state index is 0.0575. The molecule has 3 aromatic rings. The maximum absolute atomic E-state index is 12.8. The third kappa shape index (κ3) is 4.01. The molecule has 4 rings (SSSR count). The molecule has 1 amide bonds. The number of carbonyl (C=O) groups is 1. The third-order valence-electron chi connectivity index (χ3n) is 5.13. The summed E-state index contributed by atoms with van der Waals surface area (Å²) in [5.74, 6) is 0.827. The number of rotatable bonds is 4. The van der Waals surface area contributed by atoms with E-state index in [-0.39, 0.29) is 11.8 Å². The first-order chi connectivity index (χ1) is 13.7. The van der Waals surface area contributed by atoms with Crippen molar-refractivity contribution in [1.82, 2.24) is 15.0 Å². The van der Waals surface area contributed by atoms with Gasteiger partial charge in [-0.2, -0.15) is 0 Å². The van der Waals surface area contributed by atoms with E-state index in [4.69, 9.17) is 0 Å². The lowest BCUT2D eigenvalue weighted by molar-refractivity contribution is -0.120. The van der Waals surface area contributed by atoms with Crippen LogP contribution >= 0.6 is 0 Å². The number of aryl methyl sites for hydroxylation is 1. The molecule has 0 saturated carbocycles. The molecule has 6 nitrogen and oxygen atoms in total. The Morgan fingerprint density at radius 2 is 2.04 bits per heavy atom. The summed E-state index contributed by atoms with van der Waals surface area (Å²) in [5, 5.41) is 3.09. The van der Waals surface area contributed by atoms with E-state index in [1.165, 1.54) is 0 Å². The fourth-order valence-electron chi connectivity index (χ4n) is 3.69. The molecule has 1 N–H and O–H groups in total. The van der Waals surface area contributed by atoms with Crippen LogP contribution in [-0.2, 0) is 4.79 Å². The van der Waals surface area contributed by atoms with Gasteiger partial charge in [-0.25, -0.2) is 4.98 Å². The monoisotopic (exact) mass is 373 g/mol. The normalized spacial score (nSPS) is 16.6. The smallest absolute Gasteiger partial charge is 0.229 e. The van der Waals surface area contributed by atoms with E-state index in [0.717, 1.165) is 47.6 Å². The molecule has 1 unspecified atom stereocenters. The van der Waals surface area contributed by atoms with Gasteiger partial charge in [-0.3, -0.25) is 14.8 Å². The molecule has 0 radical (unpaired) electrons. The fraction of sp³-hybridized carbons (Fsp3) is 0.273. The zero-order valence-electron chi connectivity index (χ0n) is 15.9. The quantitative estimate of drug-likeness (QED) is 0.755. The summed E-state index contributed by atoms with van der Waals surface area (Å²) in [5.41, 5.74) is 4.13. The average Bonchev–Trinajstić information content (AvgIpc) is 2.75. The van der Waals surface area contributed by atoms with Gasteiger partial charge in [0.05, 0.1) is 12.1 Å². The van der Waals surface area contributed by atoms with Crippen LogP contribution in [0.5, 0.6) is 0 Å². The van der Waals surface area contributed by atoms with Gasteiger partial charge in [0, 0.05) is 49.1 Å². The van der Waals surface area contributed by atoms with Crippen molar-refractivity contribution >= 4 is 17.4 Å². The van der Waals surface area contributed by atoms with E-state index < -0.39 is 0 Å². The van der Waals surface area contributed by atoms with Crippen LogP contribution in [0, 0.1) is 12.8 Å². The lowest BCUT2D eigenvalue weighted by Gasteiger charge is -2.32. The highest BCUT2D eigenvalue weighted by Gasteiger charge is 2.26. The Kier molecular flexibility index (Phi) is 5.28. The Hall–Kier alpha value is -3.28. The predicted molar refractivity (Wildman–Crippen MR) is 110 cm³/mol. The second-order valence-electron chi connectivity index (χ2n) is 7.11. The average molecular weight is 373 g/mol. The van der Waals surface area contributed by atoms with Gasteiger partial charge >= 0.3 is 0 Å². The van der Waals surface area contributed by atoms with E-state index in [2.05, 4.69) is 32.1 Å². The summed E-state index contributed by atoms with van der Waals surface area (Å²) in [6.45, 7) is 3.62. The topological polar surface area (TPSA) is 71.0 Å². The Morgan fingerprint density at radius 1 is 1.14 bits per heavy atom. The van der Waals surface area contributed by atoms with Crippen molar-refractivity contribution in [2.75, 3.05) is 23.3 Å². The zero-order valence-corrected chi connectivity index (χ0v) is 15.9. The summed E-state index contributed by atoms with van der Waals surface area (Å²) < 4.78 is 0. The number of nitrogens with one attached hydrogen (secondary N) is 1. The second-order valence-corrected chi connectivity index (χ2v) is 7.11. The van der Waals surface area contributed by atoms with Crippen LogP contribution in [0.3, 0.4) is 0 Å². The highest BCUT2D eigenvalue weighted by molar-refractivity contribution is 5.93. The van der Waals surface area contributed by atoms with Gasteiger partial charge in [0.25, 0.3) is 0 Å². The molecule has 1 saturated heterocycles. The molecule has 2 aromatic heterocycles. The Balaban J connectivity index is 1.44. The molecule has 0 aliphatic carbocycles. The second kappa shape index (κ2) is 8.17. The molecular weight excluding hydrogens is 350 g/mol. The minimum Gasteiger partial charge on any atom is -0.355 e. The van der Waals surface area contributed by atoms with Crippen molar-refractivity contribution in [3.8, 4) is 11.1 Å². The van der Waals surface area contributed by atoms with Crippen LogP contribution < -0.4 is 10.2 Å². The third-order valence-corrected chi connectivity index (χ3v) is 5.13. The lowest BCUT2D eigenvalue weighted by Crippen LogP contribution is -2.41. The first-order valence-electron chi connectivity index (χ1n) is 9.53. The zero-order chi connectivity index (χ0) is 19.3. The number of amides is 1. The molecule has 1 aromatic carbocycles. The molecule has 6 heteroatoms. The van der Waals surface area contributed by atoms with Crippen molar-refractivity contribution in [1.29, 1.82) is 0 Å². The Labute approximate surface area is 164 Å². The molecule has 1 fully saturated rings. The number of benzene rings is 1. The maximum atomic E-state index is 12.8. The summed E-state index contributed by atoms with van der Waals surface area (Å²) in [6, 6.07) is 9.97. The van der Waals surface area contributed by atoms with E-state index in [1.54, 1.807) is 24.8 Å². The minimum atomic E-state index is -0.0611. The molecule has 142 valence electrons. The van der Waals surface area contributed by atoms with Crippen LogP contribution in [0.15, 0.2) is 61.3 Å². The van der Waals surface area contributed by atoms with E-state index in [0.29, 0.717) is 6.54 Å². The van der Waals surface area contributed by atoms with Gasteiger partial charge in [0.1, 0.15) is 5.82 Å². The first-order valence-corrected chi connectivity index (χ1v) is 9.53. The number of piperidine rings is 1. The number of pyridine rings is 1. The first kappa shape index (κ1) is 18.1. The predicted octanol–water partition coefficient (Wildman–Crippen LogP) is 3.70. The Morgan fingerprint density at radius 3 is 2.79 bits per heavy atom. The summed E-state index contributed by atoms with van der Waals surface area (Å²) in [7, 11) is 0. The number of carbonyl (C=O) groups excluding carboxylic acids is 1. The van der Waals surface area contributed by atoms with Gasteiger partial charge < -0.3 is 10.2 Å². The van der Waals surface area contributed by atoms with Crippen LogP contribution in [0.25, 0.3) is 11.1 Å². The molecule has 28 heavy (non-hydrogen) atoms. The fourth-order valence-corrected chi connectivity index (χ4v) is 3.69. The van der Waals surface area contributed by atoms with Crippen molar-refractivity contribution in [2.24, 2.45) is 5.92 Å². The number of hydrogen-bond acceptors (Lipinski definition) is 5. The van der Waals surface area contributed by atoms with Crippen LogP contribution in [-0.4, -0.2) is 33.9 Å². The van der Waals surface area contributed by atoms with Gasteiger partial charge in [-0.1, -0.05) is 12.1 Å².